The quantitative estimate of drug-likeness (QED) is 0.709. The Bertz CT molecular complexity index is 1070. The number of aromatic nitrogens is 4. The van der Waals surface area contributed by atoms with Crippen molar-refractivity contribution in [2.24, 2.45) is 7.05 Å². The van der Waals surface area contributed by atoms with Crippen molar-refractivity contribution in [2.45, 2.75) is 25.3 Å². The minimum absolute atomic E-state index is 0.183. The first-order chi connectivity index (χ1) is 13.5. The number of nitrogens with zero attached hydrogens (tertiary/aromatic N) is 4. The Balaban J connectivity index is 1.41. The maximum atomic E-state index is 13.1. The van der Waals surface area contributed by atoms with Crippen molar-refractivity contribution in [3.63, 3.8) is 0 Å². The van der Waals surface area contributed by atoms with Crippen LogP contribution >= 0.6 is 0 Å². The lowest BCUT2D eigenvalue weighted by atomic mass is 10.1. The molecule has 8 heteroatoms. The maximum Gasteiger partial charge on any atom is 0.269 e. The highest BCUT2D eigenvalue weighted by atomic mass is 19.1. The first-order valence-corrected chi connectivity index (χ1v) is 9.17. The van der Waals surface area contributed by atoms with E-state index < -0.39 is 0 Å². The lowest BCUT2D eigenvalue weighted by Crippen LogP contribution is -2.33. The molecule has 7 nitrogen and oxygen atoms in total. The van der Waals surface area contributed by atoms with E-state index in [0.717, 1.165) is 24.1 Å². The van der Waals surface area contributed by atoms with Crippen molar-refractivity contribution >= 4 is 5.91 Å². The van der Waals surface area contributed by atoms with Crippen molar-refractivity contribution in [2.75, 3.05) is 6.54 Å². The summed E-state index contributed by atoms with van der Waals surface area (Å²) in [5.41, 5.74) is 2.44. The number of rotatable bonds is 6. The molecular weight excluding hydrogens is 361 g/mol. The fourth-order valence-corrected chi connectivity index (χ4v) is 3.03. The Morgan fingerprint density at radius 1 is 1.18 bits per heavy atom. The van der Waals surface area contributed by atoms with Crippen LogP contribution in [0.2, 0.25) is 0 Å². The van der Waals surface area contributed by atoms with E-state index in [1.54, 1.807) is 31.3 Å². The van der Waals surface area contributed by atoms with E-state index in [1.807, 2.05) is 0 Å². The van der Waals surface area contributed by atoms with Gasteiger partial charge in [0.1, 0.15) is 11.5 Å². The van der Waals surface area contributed by atoms with Crippen LogP contribution in [0.4, 0.5) is 4.39 Å². The smallest absolute Gasteiger partial charge is 0.269 e. The van der Waals surface area contributed by atoms with E-state index >= 15 is 0 Å². The number of nitrogens with one attached hydrogen (secondary N) is 1. The first-order valence-electron chi connectivity index (χ1n) is 9.17. The number of amides is 1. The summed E-state index contributed by atoms with van der Waals surface area (Å²) >= 11 is 0. The van der Waals surface area contributed by atoms with Crippen molar-refractivity contribution in [3.8, 4) is 11.3 Å². The molecule has 2 aromatic heterocycles. The van der Waals surface area contributed by atoms with Gasteiger partial charge >= 0.3 is 0 Å². The molecule has 1 saturated carbocycles. The average molecular weight is 381 g/mol. The molecule has 1 aromatic carbocycles. The molecule has 0 radical (unpaired) electrons. The number of aryl methyl sites for hydroxylation is 1. The Morgan fingerprint density at radius 3 is 2.64 bits per heavy atom. The molecule has 1 N–H and O–H groups in total. The Kier molecular flexibility index (Phi) is 4.77. The molecule has 0 atom stereocenters. The van der Waals surface area contributed by atoms with Gasteiger partial charge in [-0.15, -0.1) is 0 Å². The fraction of sp³-hybridized carbons (Fsp3) is 0.300. The summed E-state index contributed by atoms with van der Waals surface area (Å²) < 4.78 is 15.9. The Hall–Kier alpha value is -3.29. The molecule has 4 rings (SSSR count). The van der Waals surface area contributed by atoms with Gasteiger partial charge < -0.3 is 5.32 Å². The van der Waals surface area contributed by atoms with Gasteiger partial charge in [-0.05, 0) is 49.2 Å². The van der Waals surface area contributed by atoms with E-state index in [9.17, 15) is 14.0 Å². The van der Waals surface area contributed by atoms with E-state index in [4.69, 9.17) is 0 Å². The van der Waals surface area contributed by atoms with Crippen LogP contribution in [0.1, 0.15) is 34.9 Å². The highest BCUT2D eigenvalue weighted by Gasteiger charge is 2.25. The molecule has 0 aliphatic heterocycles. The van der Waals surface area contributed by atoms with Crippen LogP contribution in [0.15, 0.2) is 47.3 Å². The van der Waals surface area contributed by atoms with E-state index in [0.29, 0.717) is 23.9 Å². The molecule has 3 aromatic rings. The van der Waals surface area contributed by atoms with Crippen molar-refractivity contribution in [3.05, 3.63) is 70.0 Å². The molecular formula is C20H20FN5O2. The molecule has 1 aliphatic rings. The highest BCUT2D eigenvalue weighted by Crippen LogP contribution is 2.38. The van der Waals surface area contributed by atoms with Gasteiger partial charge in [-0.1, -0.05) is 0 Å². The van der Waals surface area contributed by atoms with E-state index in [-0.39, 0.29) is 23.8 Å². The summed E-state index contributed by atoms with van der Waals surface area (Å²) in [6.45, 7) is 0.574. The van der Waals surface area contributed by atoms with Crippen LogP contribution in [0.5, 0.6) is 0 Å². The van der Waals surface area contributed by atoms with Crippen LogP contribution < -0.4 is 10.9 Å². The number of carbonyl (C=O) groups excluding carboxylic acids is 1. The summed E-state index contributed by atoms with van der Waals surface area (Å²) in [6.07, 6.45) is 2.22. The number of hydrogen-bond donors (Lipinski definition) is 1. The van der Waals surface area contributed by atoms with Crippen LogP contribution in [-0.2, 0) is 13.6 Å². The standard InChI is InChI=1S/C20H20FN5O2/c1-25-18(12-17(23-25)14-4-6-15(21)7-5-14)20(28)22-10-11-26-19(27)9-8-16(24-26)13-2-3-13/h4-9,12-13H,2-3,10-11H2,1H3,(H,22,28). The van der Waals surface area contributed by atoms with Gasteiger partial charge in [0.2, 0.25) is 0 Å². The van der Waals surface area contributed by atoms with Gasteiger partial charge in [-0.3, -0.25) is 14.3 Å². The molecule has 1 amide bonds. The molecule has 144 valence electrons. The minimum Gasteiger partial charge on any atom is -0.349 e. The number of benzene rings is 1. The average Bonchev–Trinajstić information content (AvgIpc) is 3.45. The largest absolute Gasteiger partial charge is 0.349 e. The third kappa shape index (κ3) is 3.85. The molecule has 0 unspecified atom stereocenters. The van der Waals surface area contributed by atoms with E-state index in [1.165, 1.54) is 27.6 Å². The summed E-state index contributed by atoms with van der Waals surface area (Å²) in [5.74, 6) is -0.164. The zero-order valence-electron chi connectivity index (χ0n) is 15.4. The molecule has 0 spiro atoms. The van der Waals surface area contributed by atoms with Gasteiger partial charge in [0, 0.05) is 31.1 Å². The zero-order valence-corrected chi connectivity index (χ0v) is 15.4. The number of hydrogen-bond acceptors (Lipinski definition) is 4. The van der Waals surface area contributed by atoms with Crippen LogP contribution in [0.3, 0.4) is 0 Å². The third-order valence-electron chi connectivity index (χ3n) is 4.74. The Labute approximate surface area is 160 Å². The summed E-state index contributed by atoms with van der Waals surface area (Å²) in [5, 5.41) is 11.5. The Morgan fingerprint density at radius 2 is 1.93 bits per heavy atom. The van der Waals surface area contributed by atoms with Gasteiger partial charge in [0.05, 0.1) is 17.9 Å². The van der Waals surface area contributed by atoms with Crippen molar-refractivity contribution in [1.82, 2.24) is 24.9 Å². The topological polar surface area (TPSA) is 81.8 Å². The second kappa shape index (κ2) is 7.38. The zero-order chi connectivity index (χ0) is 19.7. The number of carbonyl (C=O) groups is 1. The van der Waals surface area contributed by atoms with Crippen LogP contribution in [0, 0.1) is 5.82 Å². The predicted octanol–water partition coefficient (Wildman–Crippen LogP) is 2.09. The molecule has 0 saturated heterocycles. The summed E-state index contributed by atoms with van der Waals surface area (Å²) in [4.78, 5) is 24.4. The van der Waals surface area contributed by atoms with Crippen LogP contribution in [0.25, 0.3) is 11.3 Å². The van der Waals surface area contributed by atoms with Gasteiger partial charge in [-0.2, -0.15) is 10.2 Å². The maximum absolute atomic E-state index is 13.1. The van der Waals surface area contributed by atoms with Crippen molar-refractivity contribution < 1.29 is 9.18 Å². The van der Waals surface area contributed by atoms with Gasteiger partial charge in [0.15, 0.2) is 0 Å². The van der Waals surface area contributed by atoms with Gasteiger partial charge in [0.25, 0.3) is 11.5 Å². The second-order valence-electron chi connectivity index (χ2n) is 6.90. The molecule has 28 heavy (non-hydrogen) atoms. The first kappa shape index (κ1) is 18.1. The molecule has 1 fully saturated rings. The summed E-state index contributed by atoms with van der Waals surface area (Å²) in [7, 11) is 1.67. The van der Waals surface area contributed by atoms with Crippen LogP contribution in [-0.4, -0.2) is 32.0 Å². The lowest BCUT2D eigenvalue weighted by molar-refractivity contribution is 0.0942. The second-order valence-corrected chi connectivity index (χ2v) is 6.90. The fourth-order valence-electron chi connectivity index (χ4n) is 3.03. The monoisotopic (exact) mass is 381 g/mol. The van der Waals surface area contributed by atoms with Gasteiger partial charge in [-0.25, -0.2) is 9.07 Å². The summed E-state index contributed by atoms with van der Waals surface area (Å²) in [6, 6.07) is 10.9. The SMILES string of the molecule is Cn1nc(-c2ccc(F)cc2)cc1C(=O)NCCn1nc(C2CC2)ccc1=O. The van der Waals surface area contributed by atoms with Crippen molar-refractivity contribution in [1.29, 1.82) is 0 Å². The third-order valence-corrected chi connectivity index (χ3v) is 4.74. The molecule has 2 heterocycles. The molecule has 0 bridgehead atoms. The highest BCUT2D eigenvalue weighted by molar-refractivity contribution is 5.93. The van der Waals surface area contributed by atoms with E-state index in [2.05, 4.69) is 15.5 Å². The lowest BCUT2D eigenvalue weighted by Gasteiger charge is -2.08. The predicted molar refractivity (Wildman–Crippen MR) is 101 cm³/mol. The minimum atomic E-state index is -0.327. The molecule has 1 aliphatic carbocycles. The number of halogens is 1. The normalized spacial score (nSPS) is 13.5.